The van der Waals surface area contributed by atoms with Gasteiger partial charge in [0.25, 0.3) is 5.56 Å². The lowest BCUT2D eigenvalue weighted by molar-refractivity contribution is -0.121. The molecular formula is C21H19ClN6O2S. The summed E-state index contributed by atoms with van der Waals surface area (Å²) in [4.78, 5) is 36.8. The van der Waals surface area contributed by atoms with E-state index in [2.05, 4.69) is 15.8 Å². The number of hydrazine groups is 1. The standard InChI is InChI=1S/C21H19ClN6O2S/c1-12-5-4-8-17-24-13(9-18(29)27(12)17)11-31-21-25-19-14(10-23-26-19)20(30)28(21)16-7-3-2-6-15(16)22/h2-9,14,19,23,26H,10-11H2,1H3. The zero-order valence-corrected chi connectivity index (χ0v) is 18.2. The number of benzene rings is 1. The highest BCUT2D eigenvalue weighted by molar-refractivity contribution is 8.13. The first-order chi connectivity index (χ1) is 15.0. The van der Waals surface area contributed by atoms with Gasteiger partial charge in [0.05, 0.1) is 22.3 Å². The molecule has 0 aliphatic carbocycles. The van der Waals surface area contributed by atoms with Crippen LogP contribution in [0.4, 0.5) is 5.69 Å². The summed E-state index contributed by atoms with van der Waals surface area (Å²) < 4.78 is 1.57. The zero-order chi connectivity index (χ0) is 21.5. The predicted octanol–water partition coefficient (Wildman–Crippen LogP) is 2.34. The van der Waals surface area contributed by atoms with Crippen molar-refractivity contribution in [3.63, 3.8) is 0 Å². The molecule has 2 aliphatic rings. The van der Waals surface area contributed by atoms with Gasteiger partial charge in [-0.1, -0.05) is 41.6 Å². The minimum absolute atomic E-state index is 0.0738. The van der Waals surface area contributed by atoms with Crippen molar-refractivity contribution >= 4 is 45.8 Å². The second kappa shape index (κ2) is 8.08. The van der Waals surface area contributed by atoms with Crippen molar-refractivity contribution in [2.75, 3.05) is 11.4 Å². The lowest BCUT2D eigenvalue weighted by Crippen LogP contribution is -2.49. The fourth-order valence-electron chi connectivity index (χ4n) is 3.80. The molecule has 0 bridgehead atoms. The molecule has 10 heteroatoms. The minimum Gasteiger partial charge on any atom is -0.274 e. The van der Waals surface area contributed by atoms with Crippen LogP contribution in [0.15, 0.2) is 58.3 Å². The number of pyridine rings is 1. The number of aliphatic imine (C=N–C) groups is 1. The molecule has 0 saturated carbocycles. The highest BCUT2D eigenvalue weighted by Crippen LogP contribution is 2.34. The maximum Gasteiger partial charge on any atom is 0.258 e. The van der Waals surface area contributed by atoms with E-state index in [0.29, 0.717) is 39.5 Å². The molecule has 0 radical (unpaired) electrons. The van der Waals surface area contributed by atoms with E-state index in [1.165, 1.54) is 17.8 Å². The van der Waals surface area contributed by atoms with Crippen LogP contribution in [0.1, 0.15) is 11.4 Å². The molecule has 5 rings (SSSR count). The third kappa shape index (κ3) is 3.63. The molecule has 2 aliphatic heterocycles. The van der Waals surface area contributed by atoms with Crippen LogP contribution in [0.25, 0.3) is 5.65 Å². The number of para-hydroxylation sites is 1. The Morgan fingerprint density at radius 3 is 2.87 bits per heavy atom. The molecule has 2 atom stereocenters. The number of amidine groups is 1. The van der Waals surface area contributed by atoms with Crippen molar-refractivity contribution in [3.05, 3.63) is 75.3 Å². The van der Waals surface area contributed by atoms with Gasteiger partial charge in [-0.3, -0.25) is 24.3 Å². The largest absolute Gasteiger partial charge is 0.274 e. The van der Waals surface area contributed by atoms with E-state index in [4.69, 9.17) is 16.6 Å². The average molecular weight is 455 g/mol. The SMILES string of the molecule is Cc1cccc2nc(CSC3=NC4NNCC4C(=O)N3c3ccccc3Cl)cc(=O)n12. The Kier molecular flexibility index (Phi) is 5.27. The van der Waals surface area contributed by atoms with Gasteiger partial charge in [0.15, 0.2) is 5.17 Å². The normalized spacial score (nSPS) is 20.8. The minimum atomic E-state index is -0.341. The Hall–Kier alpha value is -2.72. The van der Waals surface area contributed by atoms with Gasteiger partial charge in [-0.2, -0.15) is 0 Å². The molecule has 0 spiro atoms. The summed E-state index contributed by atoms with van der Waals surface area (Å²) >= 11 is 7.76. The maximum absolute atomic E-state index is 13.3. The van der Waals surface area contributed by atoms with E-state index < -0.39 is 0 Å². The Morgan fingerprint density at radius 1 is 1.19 bits per heavy atom. The number of hydrogen-bond acceptors (Lipinski definition) is 7. The van der Waals surface area contributed by atoms with Crippen LogP contribution in [0.2, 0.25) is 5.02 Å². The number of hydrogen-bond donors (Lipinski definition) is 2. The number of nitrogens with one attached hydrogen (secondary N) is 2. The number of aromatic nitrogens is 2. The number of halogens is 1. The number of aryl methyl sites for hydroxylation is 1. The van der Waals surface area contributed by atoms with E-state index in [1.807, 2.05) is 31.2 Å². The first-order valence-electron chi connectivity index (χ1n) is 9.79. The van der Waals surface area contributed by atoms with Crippen LogP contribution in [-0.2, 0) is 10.5 Å². The van der Waals surface area contributed by atoms with Crippen LogP contribution in [0, 0.1) is 12.8 Å². The molecule has 2 unspecified atom stereocenters. The summed E-state index contributed by atoms with van der Waals surface area (Å²) in [5.74, 6) is -0.000287. The molecule has 4 heterocycles. The van der Waals surface area contributed by atoms with Crippen molar-refractivity contribution in [3.8, 4) is 0 Å². The summed E-state index contributed by atoms with van der Waals surface area (Å²) in [7, 11) is 0. The third-order valence-corrected chi connectivity index (χ3v) is 6.61. The number of anilines is 1. The smallest absolute Gasteiger partial charge is 0.258 e. The summed E-state index contributed by atoms with van der Waals surface area (Å²) in [5, 5.41) is 0.987. The number of rotatable bonds is 3. The fourth-order valence-corrected chi connectivity index (χ4v) is 4.95. The highest BCUT2D eigenvalue weighted by Gasteiger charge is 2.42. The monoisotopic (exact) mass is 454 g/mol. The number of nitrogens with zero attached hydrogens (tertiary/aromatic N) is 4. The molecule has 158 valence electrons. The highest BCUT2D eigenvalue weighted by atomic mass is 35.5. The Balaban J connectivity index is 1.49. The first kappa shape index (κ1) is 20.2. The second-order valence-corrected chi connectivity index (χ2v) is 8.70. The van der Waals surface area contributed by atoms with Gasteiger partial charge in [0, 0.05) is 24.1 Å². The predicted molar refractivity (Wildman–Crippen MR) is 122 cm³/mol. The van der Waals surface area contributed by atoms with Crippen LogP contribution in [0.3, 0.4) is 0 Å². The molecular weight excluding hydrogens is 436 g/mol. The van der Waals surface area contributed by atoms with Crippen molar-refractivity contribution in [1.82, 2.24) is 20.2 Å². The van der Waals surface area contributed by atoms with Crippen LogP contribution >= 0.6 is 23.4 Å². The number of fused-ring (bicyclic) bond motifs is 2. The topological polar surface area (TPSA) is 91.1 Å². The van der Waals surface area contributed by atoms with Gasteiger partial charge >= 0.3 is 0 Å². The van der Waals surface area contributed by atoms with Gasteiger partial charge in [-0.05, 0) is 31.2 Å². The third-order valence-electron chi connectivity index (χ3n) is 5.31. The molecule has 1 aromatic carbocycles. The first-order valence-corrected chi connectivity index (χ1v) is 11.1. The van der Waals surface area contributed by atoms with Crippen molar-refractivity contribution in [2.45, 2.75) is 18.8 Å². The van der Waals surface area contributed by atoms with Crippen molar-refractivity contribution < 1.29 is 4.79 Å². The molecule has 1 fully saturated rings. The van der Waals surface area contributed by atoms with Gasteiger partial charge in [-0.15, -0.1) is 0 Å². The lowest BCUT2D eigenvalue weighted by Gasteiger charge is -2.32. The van der Waals surface area contributed by atoms with Gasteiger partial charge in [0.2, 0.25) is 5.91 Å². The van der Waals surface area contributed by atoms with Crippen LogP contribution in [-0.4, -0.2) is 33.2 Å². The number of thioether (sulfide) groups is 1. The maximum atomic E-state index is 13.3. The molecule has 8 nitrogen and oxygen atoms in total. The summed E-state index contributed by atoms with van der Waals surface area (Å²) in [6.45, 7) is 2.36. The van der Waals surface area contributed by atoms with Crippen LogP contribution in [0.5, 0.6) is 0 Å². The summed E-state index contributed by atoms with van der Waals surface area (Å²) in [5.41, 5.74) is 8.54. The molecule has 1 amide bonds. The number of carbonyl (C=O) groups excluding carboxylic acids is 1. The Morgan fingerprint density at radius 2 is 2.03 bits per heavy atom. The van der Waals surface area contributed by atoms with Gasteiger partial charge in [0.1, 0.15) is 11.8 Å². The van der Waals surface area contributed by atoms with Gasteiger partial charge in [-0.25, -0.2) is 15.4 Å². The van der Waals surface area contributed by atoms with Gasteiger partial charge < -0.3 is 0 Å². The molecule has 3 aromatic rings. The quantitative estimate of drug-likeness (QED) is 0.631. The van der Waals surface area contributed by atoms with E-state index in [-0.39, 0.29) is 23.6 Å². The molecule has 31 heavy (non-hydrogen) atoms. The molecule has 2 N–H and O–H groups in total. The molecule has 1 saturated heterocycles. The zero-order valence-electron chi connectivity index (χ0n) is 16.6. The second-order valence-electron chi connectivity index (χ2n) is 7.35. The van der Waals surface area contributed by atoms with Crippen molar-refractivity contribution in [2.24, 2.45) is 10.9 Å². The van der Waals surface area contributed by atoms with E-state index in [9.17, 15) is 9.59 Å². The lowest BCUT2D eigenvalue weighted by atomic mass is 10.0. The van der Waals surface area contributed by atoms with Crippen molar-refractivity contribution in [1.29, 1.82) is 0 Å². The molecule has 2 aromatic heterocycles. The number of amides is 1. The average Bonchev–Trinajstić information content (AvgIpc) is 3.22. The van der Waals surface area contributed by atoms with E-state index in [1.54, 1.807) is 27.5 Å². The Labute approximate surface area is 187 Å². The summed E-state index contributed by atoms with van der Waals surface area (Å²) in [6.07, 6.45) is -0.341. The Bertz CT molecular complexity index is 1280. The van der Waals surface area contributed by atoms with E-state index in [0.717, 1.165) is 5.69 Å². The van der Waals surface area contributed by atoms with Crippen LogP contribution < -0.4 is 21.3 Å². The summed E-state index contributed by atoms with van der Waals surface area (Å²) in [6, 6.07) is 14.3. The fraction of sp³-hybridized carbons (Fsp3) is 0.238. The number of carbonyl (C=O) groups is 1. The van der Waals surface area contributed by atoms with E-state index >= 15 is 0 Å².